The normalized spacial score (nSPS) is 14.0. The molecule has 1 rings (SSSR count). The molecule has 0 unspecified atom stereocenters. The van der Waals surface area contributed by atoms with Gasteiger partial charge < -0.3 is 10.6 Å². The number of hydrogen-bond donors (Lipinski definition) is 2. The van der Waals surface area contributed by atoms with E-state index < -0.39 is 0 Å². The Labute approximate surface area is 117 Å². The van der Waals surface area contributed by atoms with Crippen LogP contribution in [0, 0.1) is 5.41 Å². The lowest BCUT2D eigenvalue weighted by atomic mass is 9.91. The van der Waals surface area contributed by atoms with Crippen LogP contribution in [0.5, 0.6) is 0 Å². The Balaban J connectivity index is -0.000000186. The fraction of sp³-hybridized carbons (Fsp3) is 1.00. The maximum Gasteiger partial charge on any atom is 0.00772 e. The summed E-state index contributed by atoms with van der Waals surface area (Å²) in [5.41, 5.74) is 0.550. The quantitative estimate of drug-likeness (QED) is 0.727. The summed E-state index contributed by atoms with van der Waals surface area (Å²) in [4.78, 5) is 0. The van der Waals surface area contributed by atoms with Crippen LogP contribution in [0.3, 0.4) is 0 Å². The van der Waals surface area contributed by atoms with Crippen LogP contribution in [-0.2, 0) is 0 Å². The second kappa shape index (κ2) is 19.3. The molecule has 1 fully saturated rings. The third-order valence-electron chi connectivity index (χ3n) is 1.96. The van der Waals surface area contributed by atoms with Crippen molar-refractivity contribution in [2.24, 2.45) is 5.41 Å². The first kappa shape index (κ1) is 23.0. The smallest absolute Gasteiger partial charge is 0.00772 e. The summed E-state index contributed by atoms with van der Waals surface area (Å²) in [6, 6.07) is 0. The lowest BCUT2D eigenvalue weighted by Gasteiger charge is -2.15. The van der Waals surface area contributed by atoms with E-state index in [0.29, 0.717) is 5.41 Å². The molecule has 0 amide bonds. The van der Waals surface area contributed by atoms with Gasteiger partial charge in [0.1, 0.15) is 0 Å². The van der Waals surface area contributed by atoms with E-state index in [4.69, 9.17) is 0 Å². The molecular formula is C16H40N2. The van der Waals surface area contributed by atoms with Crippen LogP contribution in [0.25, 0.3) is 0 Å². The minimum Gasteiger partial charge on any atom is -0.314 e. The van der Waals surface area contributed by atoms with Gasteiger partial charge >= 0.3 is 0 Å². The summed E-state index contributed by atoms with van der Waals surface area (Å²) in [5.74, 6) is 0. The van der Waals surface area contributed by atoms with Gasteiger partial charge in [-0.2, -0.15) is 0 Å². The molecule has 0 aromatic heterocycles. The Morgan fingerprint density at radius 2 is 1.06 bits per heavy atom. The molecule has 0 atom stereocenters. The summed E-state index contributed by atoms with van der Waals surface area (Å²) < 4.78 is 0. The molecule has 114 valence electrons. The number of piperazine rings is 1. The zero-order valence-corrected chi connectivity index (χ0v) is 14.4. The summed E-state index contributed by atoms with van der Waals surface area (Å²) in [5, 5.41) is 6.44. The minimum absolute atomic E-state index is 0.550. The van der Waals surface area contributed by atoms with E-state index >= 15 is 0 Å². The van der Waals surface area contributed by atoms with E-state index in [-0.39, 0.29) is 0 Å². The monoisotopic (exact) mass is 260 g/mol. The van der Waals surface area contributed by atoms with Gasteiger partial charge in [0.2, 0.25) is 0 Å². The predicted molar refractivity (Wildman–Crippen MR) is 87.4 cm³/mol. The second-order valence-electron chi connectivity index (χ2n) is 5.52. The van der Waals surface area contributed by atoms with Gasteiger partial charge in [0.05, 0.1) is 0 Å². The van der Waals surface area contributed by atoms with Crippen molar-refractivity contribution in [3.63, 3.8) is 0 Å². The molecule has 2 nitrogen and oxygen atoms in total. The van der Waals surface area contributed by atoms with Crippen LogP contribution in [0.1, 0.15) is 74.7 Å². The first-order valence-corrected chi connectivity index (χ1v) is 7.89. The average molecular weight is 261 g/mol. The van der Waals surface area contributed by atoms with Crippen LogP contribution < -0.4 is 10.6 Å². The summed E-state index contributed by atoms with van der Waals surface area (Å²) in [6.07, 6.45) is 3.90. The Morgan fingerprint density at radius 1 is 0.778 bits per heavy atom. The minimum atomic E-state index is 0.550. The third-order valence-corrected chi connectivity index (χ3v) is 1.96. The van der Waals surface area contributed by atoms with Crippen molar-refractivity contribution < 1.29 is 0 Å². The molecule has 1 aliphatic heterocycles. The Kier molecular flexibility index (Phi) is 24.7. The molecule has 2 heteroatoms. The molecular weight excluding hydrogens is 220 g/mol. The number of rotatable bonds is 1. The van der Waals surface area contributed by atoms with Crippen molar-refractivity contribution in [3.05, 3.63) is 0 Å². The summed E-state index contributed by atoms with van der Waals surface area (Å²) in [6.45, 7) is 21.9. The highest BCUT2D eigenvalue weighted by molar-refractivity contribution is 4.59. The highest BCUT2D eigenvalue weighted by Gasteiger charge is 2.06. The van der Waals surface area contributed by atoms with E-state index in [1.54, 1.807) is 0 Å². The van der Waals surface area contributed by atoms with Gasteiger partial charge in [0, 0.05) is 26.2 Å². The van der Waals surface area contributed by atoms with Crippen molar-refractivity contribution in [1.82, 2.24) is 10.6 Å². The van der Waals surface area contributed by atoms with E-state index in [1.165, 1.54) is 19.3 Å². The van der Waals surface area contributed by atoms with Crippen molar-refractivity contribution >= 4 is 0 Å². The van der Waals surface area contributed by atoms with Crippen molar-refractivity contribution in [2.45, 2.75) is 74.7 Å². The van der Waals surface area contributed by atoms with Crippen molar-refractivity contribution in [1.29, 1.82) is 0 Å². The van der Waals surface area contributed by atoms with Crippen molar-refractivity contribution in [3.8, 4) is 0 Å². The van der Waals surface area contributed by atoms with Gasteiger partial charge in [-0.05, 0) is 11.8 Å². The van der Waals surface area contributed by atoms with Crippen LogP contribution in [0.4, 0.5) is 0 Å². The van der Waals surface area contributed by atoms with Crippen LogP contribution in [0.15, 0.2) is 0 Å². The molecule has 0 spiro atoms. The molecule has 18 heavy (non-hydrogen) atoms. The molecule has 0 aromatic carbocycles. The highest BCUT2D eigenvalue weighted by atomic mass is 15.0. The predicted octanol–water partition coefficient (Wildman–Crippen LogP) is 4.45. The third kappa shape index (κ3) is 36.0. The largest absolute Gasteiger partial charge is 0.314 e. The van der Waals surface area contributed by atoms with Crippen molar-refractivity contribution in [2.75, 3.05) is 26.2 Å². The van der Waals surface area contributed by atoms with E-state index in [2.05, 4.69) is 52.2 Å². The standard InChI is InChI=1S/C7H16.C4H10N2.C3H8.C2H6/c1-5-6-7(2,3)4;1-2-6-4-3-5-1;1-3-2;1-2/h5-6H2,1-4H3;5-6H,1-4H2;3H2,1-2H3;1-2H3. The fourth-order valence-corrected chi connectivity index (χ4v) is 1.35. The summed E-state index contributed by atoms with van der Waals surface area (Å²) >= 11 is 0. The van der Waals surface area contributed by atoms with Crippen LogP contribution in [-0.4, -0.2) is 26.2 Å². The van der Waals surface area contributed by atoms with Gasteiger partial charge in [-0.1, -0.05) is 68.2 Å². The molecule has 0 aliphatic carbocycles. The van der Waals surface area contributed by atoms with E-state index in [0.717, 1.165) is 26.2 Å². The first-order valence-electron chi connectivity index (χ1n) is 7.89. The average Bonchev–Trinajstić information content (AvgIpc) is 2.34. The maximum atomic E-state index is 3.22. The highest BCUT2D eigenvalue weighted by Crippen LogP contribution is 2.19. The zero-order chi connectivity index (χ0) is 14.9. The molecule has 1 saturated heterocycles. The Hall–Kier alpha value is -0.0800. The Bertz CT molecular complexity index is 101. The number of nitrogens with one attached hydrogen (secondary N) is 2. The molecule has 1 aliphatic rings. The molecule has 0 bridgehead atoms. The topological polar surface area (TPSA) is 24.1 Å². The Morgan fingerprint density at radius 3 is 1.11 bits per heavy atom. The molecule has 2 N–H and O–H groups in total. The van der Waals surface area contributed by atoms with Gasteiger partial charge in [-0.3, -0.25) is 0 Å². The zero-order valence-electron chi connectivity index (χ0n) is 14.4. The van der Waals surface area contributed by atoms with Crippen LogP contribution in [0.2, 0.25) is 0 Å². The van der Waals surface area contributed by atoms with Gasteiger partial charge in [-0.15, -0.1) is 0 Å². The molecule has 0 aromatic rings. The lowest BCUT2D eigenvalue weighted by molar-refractivity contribution is 0.373. The first-order chi connectivity index (χ1) is 8.47. The number of hydrogen-bond acceptors (Lipinski definition) is 2. The second-order valence-corrected chi connectivity index (χ2v) is 5.52. The fourth-order valence-electron chi connectivity index (χ4n) is 1.35. The van der Waals surface area contributed by atoms with E-state index in [1.807, 2.05) is 13.8 Å². The maximum absolute atomic E-state index is 3.22. The van der Waals surface area contributed by atoms with E-state index in [9.17, 15) is 0 Å². The van der Waals surface area contributed by atoms with Gasteiger partial charge in [-0.25, -0.2) is 0 Å². The SMILES string of the molecule is C1CNCCN1.CC.CCC.CCCC(C)(C)C. The van der Waals surface area contributed by atoms with Gasteiger partial charge in [0.25, 0.3) is 0 Å². The lowest BCUT2D eigenvalue weighted by Crippen LogP contribution is -2.39. The molecule has 0 radical (unpaired) electrons. The summed E-state index contributed by atoms with van der Waals surface area (Å²) in [7, 11) is 0. The van der Waals surface area contributed by atoms with Gasteiger partial charge in [0.15, 0.2) is 0 Å². The molecule has 0 saturated carbocycles. The van der Waals surface area contributed by atoms with Crippen LogP contribution >= 0.6 is 0 Å². The molecule has 1 heterocycles.